The maximum atomic E-state index is 13.5. The molecule has 2 aliphatic heterocycles. The van der Waals surface area contributed by atoms with Gasteiger partial charge < -0.3 is 21.5 Å². The number of carbonyl (C=O) groups excluding carboxylic acids is 5. The summed E-state index contributed by atoms with van der Waals surface area (Å²) in [6.45, 7) is 3.66. The predicted octanol–water partition coefficient (Wildman–Crippen LogP) is 6.17. The van der Waals surface area contributed by atoms with Crippen LogP contribution in [0.5, 0.6) is 0 Å². The molecule has 318 valence electrons. The summed E-state index contributed by atoms with van der Waals surface area (Å²) < 4.78 is 39.7. The van der Waals surface area contributed by atoms with Crippen LogP contribution in [-0.2, 0) is 27.9 Å². The van der Waals surface area contributed by atoms with E-state index in [0.717, 1.165) is 54.3 Å². The molecule has 1 aromatic heterocycles. The van der Waals surface area contributed by atoms with Crippen molar-refractivity contribution < 1.29 is 42.3 Å². The number of alkyl halides is 3. The minimum atomic E-state index is -4.73. The van der Waals surface area contributed by atoms with Gasteiger partial charge in [0, 0.05) is 59.5 Å². The van der Waals surface area contributed by atoms with Crippen LogP contribution >= 0.6 is 0 Å². The SMILES string of the molecule is CN(Cc1ccc(N=Cc2cc(NC(=O)c3cccc(C(F)(F)F)n3)c(C(C)(C)O)cc2N)cc1)C1CCC(Nc2cccc3c2C(=O)N(C2CCC(=O)NC2=O)C3=O)CC1. The van der Waals surface area contributed by atoms with Gasteiger partial charge in [-0.3, -0.25) is 44.1 Å². The van der Waals surface area contributed by atoms with E-state index in [1.165, 1.54) is 32.2 Å². The summed E-state index contributed by atoms with van der Waals surface area (Å²) in [4.78, 5) is 75.3. The van der Waals surface area contributed by atoms with Crippen molar-refractivity contribution in [2.45, 2.75) is 88.8 Å². The molecule has 3 aliphatic rings. The zero-order valence-electron chi connectivity index (χ0n) is 33.7. The Balaban J connectivity index is 0.950. The summed E-state index contributed by atoms with van der Waals surface area (Å²) >= 11 is 0. The first kappa shape index (κ1) is 42.7. The van der Waals surface area contributed by atoms with Crippen molar-refractivity contribution in [1.29, 1.82) is 0 Å². The monoisotopic (exact) mass is 838 g/mol. The Hall–Kier alpha value is -6.46. The largest absolute Gasteiger partial charge is 0.433 e. The quantitative estimate of drug-likeness (QED) is 0.0662. The molecule has 14 nitrogen and oxygen atoms in total. The van der Waals surface area contributed by atoms with Crippen LogP contribution in [0.15, 0.2) is 77.8 Å². The molecule has 0 radical (unpaired) electrons. The molecule has 1 aliphatic carbocycles. The molecule has 1 atom stereocenters. The zero-order valence-corrected chi connectivity index (χ0v) is 33.7. The van der Waals surface area contributed by atoms with Crippen molar-refractivity contribution in [2.75, 3.05) is 23.4 Å². The Morgan fingerprint density at radius 3 is 2.34 bits per heavy atom. The number of nitrogens with two attached hydrogens (primary N) is 1. The number of hydrogen-bond donors (Lipinski definition) is 5. The number of imide groups is 2. The number of aliphatic imine (C=N–C) groups is 1. The van der Waals surface area contributed by atoms with Gasteiger partial charge in [0.2, 0.25) is 11.8 Å². The molecular weight excluding hydrogens is 794 g/mol. The second-order valence-electron chi connectivity index (χ2n) is 16.1. The number of hydrogen-bond acceptors (Lipinski definition) is 11. The molecule has 1 saturated carbocycles. The summed E-state index contributed by atoms with van der Waals surface area (Å²) in [5.41, 5.74) is 6.95. The van der Waals surface area contributed by atoms with E-state index in [9.17, 15) is 42.3 Å². The van der Waals surface area contributed by atoms with Gasteiger partial charge in [-0.25, -0.2) is 4.98 Å². The summed E-state index contributed by atoms with van der Waals surface area (Å²) in [6.07, 6.45) is 0.367. The summed E-state index contributed by atoms with van der Waals surface area (Å²) in [5.74, 6) is -3.05. The second-order valence-corrected chi connectivity index (χ2v) is 16.1. The predicted molar refractivity (Wildman–Crippen MR) is 221 cm³/mol. The number of benzene rings is 3. The first-order chi connectivity index (χ1) is 28.9. The van der Waals surface area contributed by atoms with Crippen LogP contribution in [-0.4, -0.2) is 80.8 Å². The van der Waals surface area contributed by atoms with Crippen molar-refractivity contribution in [3.05, 3.63) is 112 Å². The zero-order chi connectivity index (χ0) is 43.8. The van der Waals surface area contributed by atoms with Crippen LogP contribution < -0.4 is 21.7 Å². The van der Waals surface area contributed by atoms with Crippen LogP contribution in [0.3, 0.4) is 0 Å². The molecule has 61 heavy (non-hydrogen) atoms. The van der Waals surface area contributed by atoms with Crippen LogP contribution in [0.25, 0.3) is 0 Å². The molecule has 7 rings (SSSR count). The van der Waals surface area contributed by atoms with Crippen LogP contribution in [0, 0.1) is 0 Å². The normalized spacial score (nSPS) is 19.7. The number of halogens is 3. The number of aliphatic hydroxyl groups is 1. The molecule has 0 bridgehead atoms. The number of nitrogens with zero attached hydrogens (tertiary/aromatic N) is 4. The molecule has 3 aromatic carbocycles. The summed E-state index contributed by atoms with van der Waals surface area (Å²) in [6, 6.07) is 18.1. The molecule has 1 saturated heterocycles. The number of nitrogens with one attached hydrogen (secondary N) is 3. The lowest BCUT2D eigenvalue weighted by molar-refractivity contribution is -0.141. The number of pyridine rings is 1. The lowest BCUT2D eigenvalue weighted by Gasteiger charge is -2.35. The first-order valence-electron chi connectivity index (χ1n) is 19.8. The van der Waals surface area contributed by atoms with E-state index >= 15 is 0 Å². The van der Waals surface area contributed by atoms with E-state index in [2.05, 4.69) is 37.9 Å². The fourth-order valence-corrected chi connectivity index (χ4v) is 8.02. The number of anilines is 3. The number of carbonyl (C=O) groups is 5. The molecule has 3 heterocycles. The minimum Gasteiger partial charge on any atom is -0.398 e. The highest BCUT2D eigenvalue weighted by molar-refractivity contribution is 6.25. The van der Waals surface area contributed by atoms with Crippen LogP contribution in [0.4, 0.5) is 35.9 Å². The van der Waals surface area contributed by atoms with Gasteiger partial charge >= 0.3 is 6.18 Å². The summed E-state index contributed by atoms with van der Waals surface area (Å²) in [5, 5.41) is 19.1. The average molecular weight is 839 g/mol. The highest BCUT2D eigenvalue weighted by Gasteiger charge is 2.46. The van der Waals surface area contributed by atoms with Gasteiger partial charge in [0.1, 0.15) is 17.4 Å². The third-order valence-corrected chi connectivity index (χ3v) is 11.3. The topological polar surface area (TPSA) is 199 Å². The fraction of sp³-hybridized carbons (Fsp3) is 0.341. The van der Waals surface area contributed by atoms with Crippen LogP contribution in [0.1, 0.15) is 106 Å². The first-order valence-corrected chi connectivity index (χ1v) is 19.8. The number of nitrogen functional groups attached to an aromatic ring is 1. The maximum absolute atomic E-state index is 13.5. The van der Waals surface area contributed by atoms with Gasteiger partial charge in [-0.15, -0.1) is 0 Å². The lowest BCUT2D eigenvalue weighted by atomic mass is 9.89. The third kappa shape index (κ3) is 9.32. The Labute approximate surface area is 349 Å². The van der Waals surface area contributed by atoms with E-state index in [4.69, 9.17) is 5.73 Å². The minimum absolute atomic E-state index is 0.0519. The molecule has 6 N–H and O–H groups in total. The van der Waals surface area contributed by atoms with E-state index < -0.39 is 58.7 Å². The van der Waals surface area contributed by atoms with E-state index in [0.29, 0.717) is 29.5 Å². The van der Waals surface area contributed by atoms with Gasteiger partial charge in [0.25, 0.3) is 17.7 Å². The number of rotatable bonds is 11. The van der Waals surface area contributed by atoms with Gasteiger partial charge in [-0.1, -0.05) is 24.3 Å². The highest BCUT2D eigenvalue weighted by Crippen LogP contribution is 2.36. The van der Waals surface area contributed by atoms with Crippen molar-refractivity contribution >= 4 is 58.5 Å². The Morgan fingerprint density at radius 2 is 1.67 bits per heavy atom. The molecule has 1 unspecified atom stereocenters. The second kappa shape index (κ2) is 16.9. The van der Waals surface area contributed by atoms with Crippen molar-refractivity contribution in [2.24, 2.45) is 4.99 Å². The van der Waals surface area contributed by atoms with Gasteiger partial charge in [0.15, 0.2) is 0 Å². The van der Waals surface area contributed by atoms with E-state index in [1.807, 2.05) is 24.3 Å². The Morgan fingerprint density at radius 1 is 0.967 bits per heavy atom. The summed E-state index contributed by atoms with van der Waals surface area (Å²) in [7, 11) is 2.07. The van der Waals surface area contributed by atoms with E-state index in [-0.39, 0.29) is 46.9 Å². The highest BCUT2D eigenvalue weighted by atomic mass is 19.4. The van der Waals surface area contributed by atoms with Crippen molar-refractivity contribution in [3.8, 4) is 0 Å². The number of amides is 5. The molecule has 5 amide bonds. The third-order valence-electron chi connectivity index (χ3n) is 11.3. The number of fused-ring (bicyclic) bond motifs is 1. The number of aromatic nitrogens is 1. The number of piperidine rings is 1. The Kier molecular flexibility index (Phi) is 11.8. The standard InChI is InChI=1S/C44H45F3N8O6/c1-43(2,61)30-21-31(48)25(20-34(30)52-39(57)33-8-5-9-36(51-33)44(45,46)47)22-49-26-12-10-24(11-13-26)23-54(3)28-16-14-27(15-17-28)50-32-7-4-6-29-38(32)42(60)55(41(29)59)35-18-19-37(56)53-40(35)58/h4-13,20-22,27-28,35,50,61H,14-19,23,48H2,1-3H3,(H,52,57)(H,53,56,58). The molecule has 4 aromatic rings. The van der Waals surface area contributed by atoms with Gasteiger partial charge in [-0.2, -0.15) is 13.2 Å². The molecule has 2 fully saturated rings. The average Bonchev–Trinajstić information content (AvgIpc) is 3.47. The fourth-order valence-electron chi connectivity index (χ4n) is 8.02. The molecule has 17 heteroatoms. The van der Waals surface area contributed by atoms with E-state index in [1.54, 1.807) is 18.2 Å². The smallest absolute Gasteiger partial charge is 0.398 e. The molecule has 0 spiro atoms. The van der Waals surface area contributed by atoms with Gasteiger partial charge in [-0.05, 0) is 107 Å². The van der Waals surface area contributed by atoms with Gasteiger partial charge in [0.05, 0.1) is 22.4 Å². The van der Waals surface area contributed by atoms with Crippen LogP contribution in [0.2, 0.25) is 0 Å². The van der Waals surface area contributed by atoms with Crippen molar-refractivity contribution in [3.63, 3.8) is 0 Å². The lowest BCUT2D eigenvalue weighted by Crippen LogP contribution is -2.54. The van der Waals surface area contributed by atoms with Crippen molar-refractivity contribution in [1.82, 2.24) is 20.1 Å². The maximum Gasteiger partial charge on any atom is 0.433 e. The molecular formula is C44H45F3N8O6. The Bertz CT molecular complexity index is 2420.